The average Bonchev–Trinajstić information content (AvgIpc) is 3.17. The van der Waals surface area contributed by atoms with Crippen LogP contribution in [0.15, 0.2) is 24.5 Å². The molecule has 2 fully saturated rings. The van der Waals surface area contributed by atoms with Crippen LogP contribution in [0.4, 0.5) is 0 Å². The van der Waals surface area contributed by atoms with Gasteiger partial charge in [0.1, 0.15) is 16.8 Å². The van der Waals surface area contributed by atoms with Gasteiger partial charge in [-0.1, -0.05) is 11.6 Å². The highest BCUT2D eigenvalue weighted by Crippen LogP contribution is 2.39. The highest BCUT2D eigenvalue weighted by Gasteiger charge is 2.56. The number of aliphatic carboxylic acids is 1. The summed E-state index contributed by atoms with van der Waals surface area (Å²) in [7, 11) is 0. The minimum atomic E-state index is -0.877. The number of pyridine rings is 1. The Bertz CT molecular complexity index is 820. The van der Waals surface area contributed by atoms with Gasteiger partial charge in [0, 0.05) is 44.5 Å². The van der Waals surface area contributed by atoms with Crippen molar-refractivity contribution in [2.45, 2.75) is 0 Å². The molecule has 0 spiro atoms. The van der Waals surface area contributed by atoms with E-state index in [9.17, 15) is 14.7 Å². The Kier molecular flexibility index (Phi) is 3.11. The summed E-state index contributed by atoms with van der Waals surface area (Å²) in [5.41, 5.74) is 0.0606. The van der Waals surface area contributed by atoms with E-state index >= 15 is 0 Å². The normalized spacial score (nSPS) is 26.7. The van der Waals surface area contributed by atoms with Crippen molar-refractivity contribution in [3.63, 3.8) is 0 Å². The summed E-state index contributed by atoms with van der Waals surface area (Å²) in [6.07, 6.45) is 3.31. The Morgan fingerprint density at radius 3 is 2.96 bits per heavy atom. The molecule has 2 aliphatic rings. The molecule has 2 aromatic rings. The number of likely N-dealkylation sites (tertiary alicyclic amines) is 1. The molecule has 4 rings (SSSR count). The van der Waals surface area contributed by atoms with E-state index in [0.717, 1.165) is 0 Å². The van der Waals surface area contributed by atoms with Crippen LogP contribution in [0.3, 0.4) is 0 Å². The first kappa shape index (κ1) is 14.5. The van der Waals surface area contributed by atoms with Crippen molar-refractivity contribution in [3.8, 4) is 0 Å². The Morgan fingerprint density at radius 1 is 1.39 bits per heavy atom. The van der Waals surface area contributed by atoms with Gasteiger partial charge in [-0.25, -0.2) is 4.98 Å². The lowest BCUT2D eigenvalue weighted by Crippen LogP contribution is -2.41. The van der Waals surface area contributed by atoms with Crippen molar-refractivity contribution in [2.75, 3.05) is 26.2 Å². The Hall–Kier alpha value is -2.12. The molecular formula is C15H15ClN4O3. The van der Waals surface area contributed by atoms with Crippen LogP contribution in [0.2, 0.25) is 5.02 Å². The maximum absolute atomic E-state index is 12.7. The van der Waals surface area contributed by atoms with Crippen LogP contribution in [0, 0.1) is 11.3 Å². The summed E-state index contributed by atoms with van der Waals surface area (Å²) in [6, 6.07) is 3.45. The SMILES string of the molecule is O=C(c1cn2cc(Cl)ccc2n1)N1C[C@@H]2CNC[C@]2(C(=O)O)C1. The lowest BCUT2D eigenvalue weighted by atomic mass is 9.81. The van der Waals surface area contributed by atoms with E-state index in [0.29, 0.717) is 36.0 Å². The van der Waals surface area contributed by atoms with Crippen molar-refractivity contribution >= 4 is 29.1 Å². The Morgan fingerprint density at radius 2 is 2.22 bits per heavy atom. The number of aromatic nitrogens is 2. The largest absolute Gasteiger partial charge is 0.481 e. The van der Waals surface area contributed by atoms with Gasteiger partial charge in [-0.05, 0) is 12.1 Å². The number of nitrogens with zero attached hydrogens (tertiary/aromatic N) is 3. The molecule has 7 nitrogen and oxygen atoms in total. The third-order valence-electron chi connectivity index (χ3n) is 4.87. The van der Waals surface area contributed by atoms with Gasteiger partial charge in [0.05, 0.1) is 5.02 Å². The maximum atomic E-state index is 12.7. The molecule has 2 N–H and O–H groups in total. The second kappa shape index (κ2) is 4.94. The quantitative estimate of drug-likeness (QED) is 0.845. The molecule has 0 saturated carbocycles. The van der Waals surface area contributed by atoms with Gasteiger partial charge < -0.3 is 19.7 Å². The molecule has 23 heavy (non-hydrogen) atoms. The molecule has 2 aliphatic heterocycles. The third-order valence-corrected chi connectivity index (χ3v) is 5.10. The fourth-order valence-electron chi connectivity index (χ4n) is 3.61. The molecule has 0 bridgehead atoms. The number of imidazole rings is 1. The predicted octanol–water partition coefficient (Wildman–Crippen LogP) is 0.734. The predicted molar refractivity (Wildman–Crippen MR) is 82.5 cm³/mol. The zero-order chi connectivity index (χ0) is 16.2. The molecule has 2 aromatic heterocycles. The Labute approximate surface area is 136 Å². The summed E-state index contributed by atoms with van der Waals surface area (Å²) in [4.78, 5) is 30.3. The van der Waals surface area contributed by atoms with Crippen LogP contribution in [-0.4, -0.2) is 57.4 Å². The van der Waals surface area contributed by atoms with E-state index in [2.05, 4.69) is 10.3 Å². The summed E-state index contributed by atoms with van der Waals surface area (Å²) in [5.74, 6) is -1.14. The minimum Gasteiger partial charge on any atom is -0.481 e. The maximum Gasteiger partial charge on any atom is 0.313 e. The van der Waals surface area contributed by atoms with Crippen molar-refractivity contribution in [1.29, 1.82) is 0 Å². The molecule has 2 saturated heterocycles. The molecule has 0 aliphatic carbocycles. The molecule has 0 aromatic carbocycles. The monoisotopic (exact) mass is 334 g/mol. The summed E-state index contributed by atoms with van der Waals surface area (Å²) < 4.78 is 1.70. The van der Waals surface area contributed by atoms with Gasteiger partial charge in [0.2, 0.25) is 0 Å². The number of fused-ring (bicyclic) bond motifs is 2. The smallest absolute Gasteiger partial charge is 0.313 e. The second-order valence-electron chi connectivity index (χ2n) is 6.21. The van der Waals surface area contributed by atoms with Crippen LogP contribution in [0.25, 0.3) is 5.65 Å². The molecular weight excluding hydrogens is 320 g/mol. The van der Waals surface area contributed by atoms with Crippen LogP contribution in [0.1, 0.15) is 10.5 Å². The average molecular weight is 335 g/mol. The van der Waals surface area contributed by atoms with Gasteiger partial charge >= 0.3 is 5.97 Å². The van der Waals surface area contributed by atoms with Gasteiger partial charge in [-0.2, -0.15) is 0 Å². The van der Waals surface area contributed by atoms with E-state index in [-0.39, 0.29) is 18.4 Å². The van der Waals surface area contributed by atoms with E-state index in [1.807, 2.05) is 0 Å². The van der Waals surface area contributed by atoms with Crippen LogP contribution in [0.5, 0.6) is 0 Å². The first-order chi connectivity index (χ1) is 11.0. The van der Waals surface area contributed by atoms with E-state index in [1.165, 1.54) is 0 Å². The second-order valence-corrected chi connectivity index (χ2v) is 6.65. The van der Waals surface area contributed by atoms with E-state index < -0.39 is 11.4 Å². The number of hydrogen-bond acceptors (Lipinski definition) is 4. The zero-order valence-corrected chi connectivity index (χ0v) is 13.0. The summed E-state index contributed by atoms with van der Waals surface area (Å²) in [5, 5.41) is 13.3. The van der Waals surface area contributed by atoms with Crippen molar-refractivity contribution in [2.24, 2.45) is 11.3 Å². The Balaban J connectivity index is 1.63. The first-order valence-electron chi connectivity index (χ1n) is 7.37. The van der Waals surface area contributed by atoms with Gasteiger partial charge in [-0.15, -0.1) is 0 Å². The van der Waals surface area contributed by atoms with Crippen LogP contribution < -0.4 is 5.32 Å². The van der Waals surface area contributed by atoms with E-state index in [4.69, 9.17) is 11.6 Å². The van der Waals surface area contributed by atoms with Crippen molar-refractivity contribution < 1.29 is 14.7 Å². The van der Waals surface area contributed by atoms with Crippen molar-refractivity contribution in [1.82, 2.24) is 19.6 Å². The van der Waals surface area contributed by atoms with Gasteiger partial charge in [-0.3, -0.25) is 9.59 Å². The van der Waals surface area contributed by atoms with Crippen LogP contribution in [-0.2, 0) is 4.79 Å². The number of nitrogens with one attached hydrogen (secondary N) is 1. The molecule has 0 radical (unpaired) electrons. The number of hydrogen-bond donors (Lipinski definition) is 2. The fraction of sp³-hybridized carbons (Fsp3) is 0.400. The summed E-state index contributed by atoms with van der Waals surface area (Å²) >= 11 is 5.94. The van der Waals surface area contributed by atoms with Gasteiger partial charge in [0.15, 0.2) is 0 Å². The molecule has 4 heterocycles. The third kappa shape index (κ3) is 2.11. The number of carboxylic acid groups (broad SMARTS) is 1. The van der Waals surface area contributed by atoms with Crippen LogP contribution >= 0.6 is 11.6 Å². The zero-order valence-electron chi connectivity index (χ0n) is 12.2. The fourth-order valence-corrected chi connectivity index (χ4v) is 3.78. The number of amides is 1. The highest BCUT2D eigenvalue weighted by molar-refractivity contribution is 6.30. The molecule has 120 valence electrons. The topological polar surface area (TPSA) is 86.9 Å². The summed E-state index contributed by atoms with van der Waals surface area (Å²) in [6.45, 7) is 1.68. The molecule has 8 heteroatoms. The lowest BCUT2D eigenvalue weighted by molar-refractivity contribution is -0.148. The number of halogens is 1. The minimum absolute atomic E-state index is 0.0598. The number of rotatable bonds is 2. The van der Waals surface area contributed by atoms with Gasteiger partial charge in [0.25, 0.3) is 5.91 Å². The number of carbonyl (C=O) groups is 2. The van der Waals surface area contributed by atoms with E-state index in [1.54, 1.807) is 33.8 Å². The molecule has 1 amide bonds. The first-order valence-corrected chi connectivity index (χ1v) is 7.75. The highest BCUT2D eigenvalue weighted by atomic mass is 35.5. The molecule has 2 atom stereocenters. The number of carboxylic acids is 1. The number of carbonyl (C=O) groups excluding carboxylic acids is 1. The molecule has 0 unspecified atom stereocenters. The standard InChI is InChI=1S/C15H15ClN4O3/c16-10-1-2-12-18-11(6-19(12)5-10)13(21)20-4-9-3-17-7-15(9,8-20)14(22)23/h1-2,5-6,9,17H,3-4,7-8H2,(H,22,23)/t9-,15-/m0/s1. The lowest BCUT2D eigenvalue weighted by Gasteiger charge is -2.22. The van der Waals surface area contributed by atoms with Crippen molar-refractivity contribution in [3.05, 3.63) is 35.2 Å².